The number of phenolic OH excluding ortho intramolecular Hbond substituents is 1. The largest absolute Gasteiger partial charge is 0.504 e. The molecular formula is C22H27Br2ClN2O3. The minimum Gasteiger partial charge on any atom is -0.504 e. The zero-order chi connectivity index (χ0) is 21.0. The molecule has 164 valence electrons. The van der Waals surface area contributed by atoms with Crippen molar-refractivity contribution in [1.29, 1.82) is 0 Å². The highest BCUT2D eigenvalue weighted by atomic mass is 79.9. The normalized spacial score (nSPS) is 14.3. The van der Waals surface area contributed by atoms with Crippen LogP contribution in [-0.4, -0.2) is 36.1 Å². The van der Waals surface area contributed by atoms with Gasteiger partial charge < -0.3 is 15.2 Å². The number of amides is 1. The minimum atomic E-state index is -0.257. The lowest BCUT2D eigenvalue weighted by Gasteiger charge is -2.32. The summed E-state index contributed by atoms with van der Waals surface area (Å²) in [6, 6.07) is 9.13. The number of nitrogens with one attached hydrogen (secondary N) is 1. The molecule has 0 saturated heterocycles. The molecular weight excluding hydrogens is 536 g/mol. The van der Waals surface area contributed by atoms with Crippen molar-refractivity contribution in [3.63, 3.8) is 0 Å². The van der Waals surface area contributed by atoms with E-state index in [2.05, 4.69) is 55.2 Å². The number of methoxy groups -OCH3 is 1. The first-order valence-corrected chi connectivity index (χ1v) is 11.3. The lowest BCUT2D eigenvalue weighted by Crippen LogP contribution is -2.33. The Balaban J connectivity index is 0.00000320. The van der Waals surface area contributed by atoms with Gasteiger partial charge in [0.25, 0.3) is 5.91 Å². The molecule has 2 N–H and O–H groups in total. The molecule has 0 heterocycles. The summed E-state index contributed by atoms with van der Waals surface area (Å²) in [5, 5.41) is 12.8. The SMILES string of the molecule is COc1cc(C(=O)Nc2c(Br)cc(Br)cc2CN(C)C2CCCCC2)ccc1O.Cl. The van der Waals surface area contributed by atoms with E-state index in [4.69, 9.17) is 4.74 Å². The molecule has 1 amide bonds. The van der Waals surface area contributed by atoms with E-state index in [-0.39, 0.29) is 29.8 Å². The number of rotatable bonds is 6. The molecule has 1 aliphatic rings. The fourth-order valence-electron chi connectivity index (χ4n) is 3.82. The van der Waals surface area contributed by atoms with Crippen LogP contribution in [0.2, 0.25) is 0 Å². The van der Waals surface area contributed by atoms with Gasteiger partial charge in [-0.2, -0.15) is 0 Å². The van der Waals surface area contributed by atoms with E-state index in [1.807, 2.05) is 6.07 Å². The molecule has 1 fully saturated rings. The fraction of sp³-hybridized carbons (Fsp3) is 0.409. The number of hydrogen-bond donors (Lipinski definition) is 2. The standard InChI is InChI=1S/C22H26Br2N2O3.ClH/c1-26(17-6-4-3-5-7-17)13-15-10-16(23)12-18(24)21(15)25-22(28)14-8-9-19(27)20(11-14)29-2;/h8-12,17,27H,3-7,13H2,1-2H3,(H,25,28);1H. The van der Waals surface area contributed by atoms with Gasteiger partial charge in [-0.25, -0.2) is 0 Å². The average molecular weight is 563 g/mol. The Morgan fingerprint density at radius 2 is 1.90 bits per heavy atom. The first kappa shape index (κ1) is 25.0. The van der Waals surface area contributed by atoms with Crippen LogP contribution in [0, 0.1) is 0 Å². The Hall–Kier alpha value is -1.28. The molecule has 0 aromatic heterocycles. The number of aromatic hydroxyl groups is 1. The number of halogens is 3. The summed E-state index contributed by atoms with van der Waals surface area (Å²) >= 11 is 7.16. The van der Waals surface area contributed by atoms with Crippen molar-refractivity contribution in [2.45, 2.75) is 44.7 Å². The topological polar surface area (TPSA) is 61.8 Å². The molecule has 0 radical (unpaired) electrons. The Morgan fingerprint density at radius 1 is 1.20 bits per heavy atom. The van der Waals surface area contributed by atoms with Crippen molar-refractivity contribution in [3.8, 4) is 11.5 Å². The highest BCUT2D eigenvalue weighted by Gasteiger charge is 2.21. The molecule has 8 heteroatoms. The third-order valence-corrected chi connectivity index (χ3v) is 6.52. The summed E-state index contributed by atoms with van der Waals surface area (Å²) in [7, 11) is 3.61. The van der Waals surface area contributed by atoms with Gasteiger partial charge in [0, 0.05) is 27.1 Å². The van der Waals surface area contributed by atoms with Gasteiger partial charge >= 0.3 is 0 Å². The summed E-state index contributed by atoms with van der Waals surface area (Å²) < 4.78 is 6.89. The third-order valence-electron chi connectivity index (χ3n) is 5.43. The van der Waals surface area contributed by atoms with E-state index >= 15 is 0 Å². The molecule has 2 aromatic carbocycles. The van der Waals surface area contributed by atoms with Gasteiger partial charge in [0.2, 0.25) is 0 Å². The number of carbonyl (C=O) groups is 1. The van der Waals surface area contributed by atoms with Crippen molar-refractivity contribution < 1.29 is 14.6 Å². The number of hydrogen-bond acceptors (Lipinski definition) is 4. The molecule has 5 nitrogen and oxygen atoms in total. The van der Waals surface area contributed by atoms with Crippen molar-refractivity contribution in [1.82, 2.24) is 4.90 Å². The smallest absolute Gasteiger partial charge is 0.255 e. The van der Waals surface area contributed by atoms with E-state index in [0.717, 1.165) is 26.7 Å². The Morgan fingerprint density at radius 3 is 2.57 bits per heavy atom. The van der Waals surface area contributed by atoms with Gasteiger partial charge in [-0.1, -0.05) is 35.2 Å². The molecule has 0 aliphatic heterocycles. The predicted octanol–water partition coefficient (Wildman–Crippen LogP) is 6.36. The van der Waals surface area contributed by atoms with Gasteiger partial charge in [0.1, 0.15) is 0 Å². The van der Waals surface area contributed by atoms with Gasteiger partial charge in [-0.3, -0.25) is 9.69 Å². The summed E-state index contributed by atoms with van der Waals surface area (Å²) in [5.41, 5.74) is 2.22. The van der Waals surface area contributed by atoms with Gasteiger partial charge in [0.15, 0.2) is 11.5 Å². The lowest BCUT2D eigenvalue weighted by atomic mass is 9.94. The van der Waals surface area contributed by atoms with Gasteiger partial charge in [-0.15, -0.1) is 12.4 Å². The number of anilines is 1. The summed E-state index contributed by atoms with van der Waals surface area (Å²) in [6.07, 6.45) is 6.33. The summed E-state index contributed by atoms with van der Waals surface area (Å²) in [5.74, 6) is 0.0151. The van der Waals surface area contributed by atoms with Crippen molar-refractivity contribution in [2.24, 2.45) is 0 Å². The molecule has 0 unspecified atom stereocenters. The Labute approximate surface area is 200 Å². The summed E-state index contributed by atoms with van der Waals surface area (Å²) in [6.45, 7) is 0.747. The number of nitrogens with zero attached hydrogens (tertiary/aromatic N) is 1. The maximum absolute atomic E-state index is 12.9. The fourth-order valence-corrected chi connectivity index (χ4v) is 5.23. The Bertz CT molecular complexity index is 889. The number of ether oxygens (including phenoxy) is 1. The lowest BCUT2D eigenvalue weighted by molar-refractivity contribution is 0.102. The van der Waals surface area contributed by atoms with Crippen LogP contribution in [0.5, 0.6) is 11.5 Å². The van der Waals surface area contributed by atoms with Crippen LogP contribution in [0.15, 0.2) is 39.3 Å². The molecule has 0 spiro atoms. The predicted molar refractivity (Wildman–Crippen MR) is 130 cm³/mol. The number of phenols is 1. The van der Waals surface area contributed by atoms with Crippen LogP contribution in [0.1, 0.15) is 48.0 Å². The molecule has 0 bridgehead atoms. The van der Waals surface area contributed by atoms with Crippen LogP contribution < -0.4 is 10.1 Å². The second-order valence-corrected chi connectivity index (χ2v) is 9.24. The molecule has 0 atom stereocenters. The van der Waals surface area contributed by atoms with Crippen LogP contribution in [0.25, 0.3) is 0 Å². The van der Waals surface area contributed by atoms with Crippen LogP contribution in [-0.2, 0) is 6.54 Å². The number of carbonyl (C=O) groups excluding carboxylic acids is 1. The third kappa shape index (κ3) is 6.13. The minimum absolute atomic E-state index is 0. The highest BCUT2D eigenvalue weighted by Crippen LogP contribution is 2.34. The molecule has 2 aromatic rings. The zero-order valence-corrected chi connectivity index (χ0v) is 21.1. The van der Waals surface area contributed by atoms with E-state index in [1.165, 1.54) is 51.3 Å². The van der Waals surface area contributed by atoms with E-state index in [9.17, 15) is 9.90 Å². The average Bonchev–Trinajstić information content (AvgIpc) is 2.71. The monoisotopic (exact) mass is 560 g/mol. The van der Waals surface area contributed by atoms with Crippen LogP contribution >= 0.6 is 44.3 Å². The van der Waals surface area contributed by atoms with Gasteiger partial charge in [-0.05, 0) is 71.7 Å². The van der Waals surface area contributed by atoms with E-state index in [0.29, 0.717) is 11.6 Å². The maximum Gasteiger partial charge on any atom is 0.255 e. The van der Waals surface area contributed by atoms with Crippen LogP contribution in [0.4, 0.5) is 5.69 Å². The first-order valence-electron chi connectivity index (χ1n) is 9.75. The van der Waals surface area contributed by atoms with Gasteiger partial charge in [0.05, 0.1) is 12.8 Å². The second kappa shape index (κ2) is 11.4. The molecule has 30 heavy (non-hydrogen) atoms. The van der Waals surface area contributed by atoms with Crippen molar-refractivity contribution in [3.05, 3.63) is 50.4 Å². The zero-order valence-electron chi connectivity index (χ0n) is 17.1. The van der Waals surface area contributed by atoms with Crippen LogP contribution in [0.3, 0.4) is 0 Å². The van der Waals surface area contributed by atoms with Crippen molar-refractivity contribution >= 4 is 55.9 Å². The highest BCUT2D eigenvalue weighted by molar-refractivity contribution is 9.11. The number of benzene rings is 2. The molecule has 1 aliphatic carbocycles. The van der Waals surface area contributed by atoms with E-state index in [1.54, 1.807) is 6.07 Å². The Kier molecular flexibility index (Phi) is 9.47. The van der Waals surface area contributed by atoms with Crippen molar-refractivity contribution in [2.75, 3.05) is 19.5 Å². The second-order valence-electron chi connectivity index (χ2n) is 7.47. The van der Waals surface area contributed by atoms with E-state index < -0.39 is 0 Å². The molecule has 1 saturated carbocycles. The molecule has 3 rings (SSSR count). The summed E-state index contributed by atoms with van der Waals surface area (Å²) in [4.78, 5) is 15.3. The first-order chi connectivity index (χ1) is 13.9. The maximum atomic E-state index is 12.9. The quantitative estimate of drug-likeness (QED) is 0.430.